The third-order valence-electron chi connectivity index (χ3n) is 1.72. The molecule has 0 bridgehead atoms. The maximum Gasteiger partial charge on any atom is 0.229 e. The molecule has 1 amide bonds. The van der Waals surface area contributed by atoms with Gasteiger partial charge in [-0.05, 0) is 25.1 Å². The molecule has 0 aromatic carbocycles. The van der Waals surface area contributed by atoms with Gasteiger partial charge >= 0.3 is 0 Å². The Labute approximate surface area is 65.0 Å². The van der Waals surface area contributed by atoms with Crippen LogP contribution < -0.4 is 11.1 Å². The number of hydrogen-bond acceptors (Lipinski definition) is 2. The van der Waals surface area contributed by atoms with E-state index >= 15 is 0 Å². The van der Waals surface area contributed by atoms with Crippen molar-refractivity contribution in [3.8, 4) is 0 Å². The molecule has 0 atom stereocenters. The van der Waals surface area contributed by atoms with Gasteiger partial charge in [0.1, 0.15) is 0 Å². The van der Waals surface area contributed by atoms with Gasteiger partial charge in [-0.15, -0.1) is 0 Å². The van der Waals surface area contributed by atoms with E-state index in [-0.39, 0.29) is 16.9 Å². The zero-order valence-corrected chi connectivity index (χ0v) is 6.41. The summed E-state index contributed by atoms with van der Waals surface area (Å²) in [6.45, 7) is 0. The molecule has 0 unspecified atom stereocenters. The highest BCUT2D eigenvalue weighted by Crippen LogP contribution is 2.25. The average molecular weight is 158 g/mol. The summed E-state index contributed by atoms with van der Waals surface area (Å²) in [6.07, 6.45) is 3.11. The molecule has 1 saturated carbocycles. The first kappa shape index (κ1) is 7.47. The van der Waals surface area contributed by atoms with Gasteiger partial charge in [-0.1, -0.05) is 6.42 Å². The Morgan fingerprint density at radius 2 is 2.20 bits per heavy atom. The fourth-order valence-corrected chi connectivity index (χ4v) is 0.995. The number of nitrogens with one attached hydrogen (secondary N) is 1. The Morgan fingerprint density at radius 3 is 2.50 bits per heavy atom. The third-order valence-corrected chi connectivity index (χ3v) is 1.82. The summed E-state index contributed by atoms with van der Waals surface area (Å²) >= 11 is 4.51. The predicted octanol–water partition coefficient (Wildman–Crippen LogP) is 0.146. The lowest BCUT2D eigenvalue weighted by molar-refractivity contribution is -0.125. The molecule has 0 saturated heterocycles. The highest BCUT2D eigenvalue weighted by molar-refractivity contribution is 7.80. The Balaban J connectivity index is 2.27. The van der Waals surface area contributed by atoms with Crippen molar-refractivity contribution < 1.29 is 4.79 Å². The molecule has 56 valence electrons. The quantitative estimate of drug-likeness (QED) is 0.534. The number of rotatable bonds is 1. The fourth-order valence-electron chi connectivity index (χ4n) is 0.894. The lowest BCUT2D eigenvalue weighted by Gasteiger charge is -2.23. The fraction of sp³-hybridized carbons (Fsp3) is 0.667. The molecule has 3 nitrogen and oxygen atoms in total. The van der Waals surface area contributed by atoms with E-state index in [0.29, 0.717) is 0 Å². The molecule has 10 heavy (non-hydrogen) atoms. The smallest absolute Gasteiger partial charge is 0.229 e. The van der Waals surface area contributed by atoms with E-state index in [0.717, 1.165) is 19.3 Å². The summed E-state index contributed by atoms with van der Waals surface area (Å²) in [5.41, 5.74) is 5.11. The molecule has 4 heteroatoms. The van der Waals surface area contributed by atoms with Gasteiger partial charge in [0.05, 0.1) is 0 Å². The van der Waals surface area contributed by atoms with Gasteiger partial charge in [-0.25, -0.2) is 0 Å². The van der Waals surface area contributed by atoms with E-state index in [9.17, 15) is 4.79 Å². The predicted molar refractivity (Wildman–Crippen MR) is 42.3 cm³/mol. The zero-order chi connectivity index (χ0) is 7.56. The van der Waals surface area contributed by atoms with Crippen LogP contribution >= 0.6 is 12.2 Å². The van der Waals surface area contributed by atoms with Gasteiger partial charge in [0.15, 0.2) is 5.11 Å². The normalized spacial score (nSPS) is 17.6. The second kappa shape index (κ2) is 2.96. The van der Waals surface area contributed by atoms with Gasteiger partial charge in [0.2, 0.25) is 5.91 Å². The number of carbonyl (C=O) groups excluding carboxylic acids is 1. The first-order chi connectivity index (χ1) is 4.70. The van der Waals surface area contributed by atoms with Crippen molar-refractivity contribution in [2.24, 2.45) is 11.7 Å². The minimum absolute atomic E-state index is 0.0150. The summed E-state index contributed by atoms with van der Waals surface area (Å²) in [5.74, 6) is 0.153. The molecule has 0 aromatic rings. The molecule has 3 N–H and O–H groups in total. The second-order valence-electron chi connectivity index (χ2n) is 2.48. The average Bonchev–Trinajstić information content (AvgIpc) is 1.55. The highest BCUT2D eigenvalue weighted by Gasteiger charge is 2.24. The number of nitrogens with two attached hydrogens (primary N) is 1. The van der Waals surface area contributed by atoms with Crippen molar-refractivity contribution in [3.05, 3.63) is 0 Å². The molecular formula is C6H10N2OS. The van der Waals surface area contributed by atoms with Gasteiger partial charge in [0.25, 0.3) is 0 Å². The number of hydrogen-bond donors (Lipinski definition) is 2. The van der Waals surface area contributed by atoms with Crippen LogP contribution in [0.5, 0.6) is 0 Å². The molecule has 0 radical (unpaired) electrons. The van der Waals surface area contributed by atoms with E-state index in [1.807, 2.05) is 0 Å². The third kappa shape index (κ3) is 1.67. The Morgan fingerprint density at radius 1 is 1.60 bits per heavy atom. The molecule has 1 rings (SSSR count). The molecule has 1 aliphatic rings. The summed E-state index contributed by atoms with van der Waals surface area (Å²) < 4.78 is 0. The number of amides is 1. The molecule has 0 spiro atoms. The lowest BCUT2D eigenvalue weighted by atomic mass is 9.85. The van der Waals surface area contributed by atoms with E-state index < -0.39 is 0 Å². The first-order valence-corrected chi connectivity index (χ1v) is 3.71. The van der Waals surface area contributed by atoms with Crippen molar-refractivity contribution in [2.45, 2.75) is 19.3 Å². The molecule has 1 fully saturated rings. The molecule has 0 aromatic heterocycles. The number of carbonyl (C=O) groups is 1. The van der Waals surface area contributed by atoms with Crippen LogP contribution in [0.15, 0.2) is 0 Å². The van der Waals surface area contributed by atoms with Crippen LogP contribution in [0.1, 0.15) is 19.3 Å². The standard InChI is InChI=1S/C6H10N2OS/c7-6(10)8-5(9)4-2-1-3-4/h4H,1-3H2,(H3,7,8,9,10). The Bertz CT molecular complexity index is 165. The van der Waals surface area contributed by atoms with Gasteiger partial charge in [0, 0.05) is 5.92 Å². The second-order valence-corrected chi connectivity index (χ2v) is 2.92. The van der Waals surface area contributed by atoms with Gasteiger partial charge in [-0.2, -0.15) is 0 Å². The van der Waals surface area contributed by atoms with E-state index in [4.69, 9.17) is 5.73 Å². The Hall–Kier alpha value is -0.640. The van der Waals surface area contributed by atoms with Crippen LogP contribution in [0.4, 0.5) is 0 Å². The number of thiocarbonyl (C=S) groups is 1. The van der Waals surface area contributed by atoms with Gasteiger partial charge in [-0.3, -0.25) is 4.79 Å². The van der Waals surface area contributed by atoms with Crippen molar-refractivity contribution in [2.75, 3.05) is 0 Å². The lowest BCUT2D eigenvalue weighted by Crippen LogP contribution is -2.40. The largest absolute Gasteiger partial charge is 0.376 e. The van der Waals surface area contributed by atoms with E-state index in [2.05, 4.69) is 17.5 Å². The Kier molecular flexibility index (Phi) is 2.21. The van der Waals surface area contributed by atoms with Crippen LogP contribution in [-0.2, 0) is 4.79 Å². The van der Waals surface area contributed by atoms with Crippen molar-refractivity contribution >= 4 is 23.2 Å². The maximum absolute atomic E-state index is 11.0. The highest BCUT2D eigenvalue weighted by atomic mass is 32.1. The first-order valence-electron chi connectivity index (χ1n) is 3.30. The minimum Gasteiger partial charge on any atom is -0.376 e. The van der Waals surface area contributed by atoms with Crippen molar-refractivity contribution in [1.29, 1.82) is 0 Å². The van der Waals surface area contributed by atoms with Crippen LogP contribution in [0.3, 0.4) is 0 Å². The van der Waals surface area contributed by atoms with Crippen molar-refractivity contribution in [1.82, 2.24) is 5.32 Å². The monoisotopic (exact) mass is 158 g/mol. The summed E-state index contributed by atoms with van der Waals surface area (Å²) in [5, 5.41) is 2.50. The van der Waals surface area contributed by atoms with E-state index in [1.165, 1.54) is 0 Å². The zero-order valence-electron chi connectivity index (χ0n) is 5.59. The van der Waals surface area contributed by atoms with Crippen LogP contribution in [-0.4, -0.2) is 11.0 Å². The summed E-state index contributed by atoms with van der Waals surface area (Å²) in [6, 6.07) is 0. The van der Waals surface area contributed by atoms with E-state index in [1.54, 1.807) is 0 Å². The SMILES string of the molecule is NC(=S)NC(=O)C1CCC1. The molecule has 0 heterocycles. The van der Waals surface area contributed by atoms with Crippen LogP contribution in [0, 0.1) is 5.92 Å². The van der Waals surface area contributed by atoms with Crippen LogP contribution in [0.2, 0.25) is 0 Å². The topological polar surface area (TPSA) is 55.1 Å². The minimum atomic E-state index is -0.0150. The maximum atomic E-state index is 11.0. The van der Waals surface area contributed by atoms with Crippen molar-refractivity contribution in [3.63, 3.8) is 0 Å². The summed E-state index contributed by atoms with van der Waals surface area (Å²) in [7, 11) is 0. The molecule has 0 aliphatic heterocycles. The van der Waals surface area contributed by atoms with Gasteiger partial charge < -0.3 is 11.1 Å². The molecular weight excluding hydrogens is 148 g/mol. The summed E-state index contributed by atoms with van der Waals surface area (Å²) in [4.78, 5) is 11.0. The molecule has 1 aliphatic carbocycles. The van der Waals surface area contributed by atoms with Crippen LogP contribution in [0.25, 0.3) is 0 Å².